The summed E-state index contributed by atoms with van der Waals surface area (Å²) in [6, 6.07) is 12.8. The lowest BCUT2D eigenvalue weighted by atomic mass is 10.1. The van der Waals surface area contributed by atoms with Crippen molar-refractivity contribution in [3.8, 4) is 17.6 Å². The lowest BCUT2D eigenvalue weighted by Crippen LogP contribution is -2.27. The lowest BCUT2D eigenvalue weighted by molar-refractivity contribution is -0.122. The van der Waals surface area contributed by atoms with Crippen LogP contribution in [0.1, 0.15) is 16.7 Å². The number of hydrogen-bond donors (Lipinski definition) is 0. The van der Waals surface area contributed by atoms with Gasteiger partial charge in [0.25, 0.3) is 11.1 Å². The van der Waals surface area contributed by atoms with Crippen molar-refractivity contribution in [2.24, 2.45) is 0 Å². The number of hydrogen-bond acceptors (Lipinski definition) is 6. The van der Waals surface area contributed by atoms with Crippen LogP contribution in [0.5, 0.6) is 11.5 Å². The molecule has 2 amide bonds. The highest BCUT2D eigenvalue weighted by Gasteiger charge is 2.34. The SMILES string of the molecule is C=CCN1C(=O)S/C(=C/c2cc(Br)c(OCc3ccccc3C#N)c(OC)c2)C1=O. The molecule has 0 radical (unpaired) electrons. The lowest BCUT2D eigenvalue weighted by Gasteiger charge is -2.14. The van der Waals surface area contributed by atoms with Gasteiger partial charge in [0.15, 0.2) is 11.5 Å². The van der Waals surface area contributed by atoms with Gasteiger partial charge in [-0.15, -0.1) is 6.58 Å². The molecular formula is C22H17BrN2O4S. The first-order chi connectivity index (χ1) is 14.5. The van der Waals surface area contributed by atoms with Gasteiger partial charge >= 0.3 is 0 Å². The van der Waals surface area contributed by atoms with Crippen LogP contribution in [0.15, 0.2) is 58.4 Å². The van der Waals surface area contributed by atoms with E-state index in [-0.39, 0.29) is 24.3 Å². The van der Waals surface area contributed by atoms with Gasteiger partial charge in [-0.05, 0) is 57.5 Å². The van der Waals surface area contributed by atoms with Crippen molar-refractivity contribution in [2.75, 3.05) is 13.7 Å². The molecule has 8 heteroatoms. The fraction of sp³-hybridized carbons (Fsp3) is 0.136. The van der Waals surface area contributed by atoms with Gasteiger partial charge in [0.05, 0.1) is 28.1 Å². The Morgan fingerprint density at radius 3 is 2.77 bits per heavy atom. The van der Waals surface area contributed by atoms with Crippen molar-refractivity contribution >= 4 is 44.9 Å². The van der Waals surface area contributed by atoms with E-state index in [4.69, 9.17) is 9.47 Å². The molecule has 0 aromatic heterocycles. The first-order valence-corrected chi connectivity index (χ1v) is 10.4. The van der Waals surface area contributed by atoms with Crippen LogP contribution in [-0.4, -0.2) is 29.7 Å². The van der Waals surface area contributed by atoms with Gasteiger partial charge in [-0.2, -0.15) is 5.26 Å². The minimum absolute atomic E-state index is 0.173. The highest BCUT2D eigenvalue weighted by Crippen LogP contribution is 2.39. The van der Waals surface area contributed by atoms with E-state index in [2.05, 4.69) is 28.6 Å². The molecule has 3 rings (SSSR count). The van der Waals surface area contributed by atoms with Crippen LogP contribution in [0.2, 0.25) is 0 Å². The summed E-state index contributed by atoms with van der Waals surface area (Å²) in [5.74, 6) is 0.575. The zero-order valence-electron chi connectivity index (χ0n) is 16.1. The van der Waals surface area contributed by atoms with Crippen LogP contribution in [0.3, 0.4) is 0 Å². The van der Waals surface area contributed by atoms with Gasteiger partial charge in [0.1, 0.15) is 6.61 Å². The maximum Gasteiger partial charge on any atom is 0.293 e. The molecule has 1 saturated heterocycles. The minimum atomic E-state index is -0.353. The molecule has 2 aromatic carbocycles. The molecule has 0 spiro atoms. The number of rotatable bonds is 7. The molecule has 1 fully saturated rings. The molecule has 6 nitrogen and oxygen atoms in total. The number of methoxy groups -OCH3 is 1. The standard InChI is InChI=1S/C22H17BrN2O4S/c1-3-8-25-21(26)19(30-22(25)27)11-14-9-17(23)20(18(10-14)28-2)29-13-16-7-5-4-6-15(16)12-24/h3-7,9-11H,1,8,13H2,2H3/b19-11+. The van der Waals surface area contributed by atoms with Crippen LogP contribution in [0.25, 0.3) is 6.08 Å². The predicted molar refractivity (Wildman–Crippen MR) is 119 cm³/mol. The monoisotopic (exact) mass is 484 g/mol. The Hall–Kier alpha value is -3.02. The Morgan fingerprint density at radius 2 is 2.07 bits per heavy atom. The zero-order chi connectivity index (χ0) is 21.7. The average Bonchev–Trinajstić information content (AvgIpc) is 3.00. The first kappa shape index (κ1) is 21.7. The fourth-order valence-corrected chi connectivity index (χ4v) is 4.23. The molecule has 0 bridgehead atoms. The number of ether oxygens (including phenoxy) is 2. The Kier molecular flexibility index (Phi) is 6.98. The molecule has 152 valence electrons. The van der Waals surface area contributed by atoms with Gasteiger partial charge in [-0.3, -0.25) is 14.5 Å². The maximum atomic E-state index is 12.4. The van der Waals surface area contributed by atoms with Gasteiger partial charge in [0.2, 0.25) is 0 Å². The van der Waals surface area contributed by atoms with Crippen LogP contribution >= 0.6 is 27.7 Å². The van der Waals surface area contributed by atoms with Gasteiger partial charge in [-0.25, -0.2) is 0 Å². The molecule has 1 aliphatic rings. The Bertz CT molecular complexity index is 1090. The van der Waals surface area contributed by atoms with Crippen molar-refractivity contribution in [3.05, 3.63) is 75.1 Å². The van der Waals surface area contributed by atoms with E-state index >= 15 is 0 Å². The number of benzene rings is 2. The summed E-state index contributed by atoms with van der Waals surface area (Å²) in [5, 5.41) is 8.90. The number of carbonyl (C=O) groups excluding carboxylic acids is 2. The Morgan fingerprint density at radius 1 is 1.30 bits per heavy atom. The highest BCUT2D eigenvalue weighted by atomic mass is 79.9. The predicted octanol–water partition coefficient (Wildman–Crippen LogP) is 5.13. The number of nitrogens with zero attached hydrogens (tertiary/aromatic N) is 2. The average molecular weight is 485 g/mol. The molecule has 0 unspecified atom stereocenters. The molecule has 1 aliphatic heterocycles. The summed E-state index contributed by atoms with van der Waals surface area (Å²) in [6.07, 6.45) is 3.14. The summed E-state index contributed by atoms with van der Waals surface area (Å²) >= 11 is 4.36. The minimum Gasteiger partial charge on any atom is -0.493 e. The van der Waals surface area contributed by atoms with Crippen LogP contribution in [0.4, 0.5) is 4.79 Å². The molecular weight excluding hydrogens is 468 g/mol. The van der Waals surface area contributed by atoms with Crippen molar-refractivity contribution in [2.45, 2.75) is 6.61 Å². The summed E-state index contributed by atoms with van der Waals surface area (Å²) in [5.41, 5.74) is 1.97. The highest BCUT2D eigenvalue weighted by molar-refractivity contribution is 9.10. The molecule has 1 heterocycles. The molecule has 0 atom stereocenters. The van der Waals surface area contributed by atoms with Gasteiger partial charge < -0.3 is 9.47 Å². The second-order valence-electron chi connectivity index (χ2n) is 6.17. The third kappa shape index (κ3) is 4.58. The van der Waals surface area contributed by atoms with Gasteiger partial charge in [-0.1, -0.05) is 24.3 Å². The van der Waals surface area contributed by atoms with Crippen LogP contribution < -0.4 is 9.47 Å². The third-order valence-corrected chi connectivity index (χ3v) is 5.74. The zero-order valence-corrected chi connectivity index (χ0v) is 18.5. The maximum absolute atomic E-state index is 12.4. The van der Waals surface area contributed by atoms with Crippen molar-refractivity contribution in [1.82, 2.24) is 4.90 Å². The second kappa shape index (κ2) is 9.65. The Balaban J connectivity index is 1.86. The van der Waals surface area contributed by atoms with E-state index in [9.17, 15) is 14.9 Å². The summed E-state index contributed by atoms with van der Waals surface area (Å²) in [4.78, 5) is 25.9. The van der Waals surface area contributed by atoms with E-state index in [0.29, 0.717) is 32.0 Å². The summed E-state index contributed by atoms with van der Waals surface area (Å²) in [6.45, 7) is 3.93. The topological polar surface area (TPSA) is 79.6 Å². The number of carbonyl (C=O) groups is 2. The number of halogens is 1. The fourth-order valence-electron chi connectivity index (χ4n) is 2.81. The van der Waals surface area contributed by atoms with Gasteiger partial charge in [0, 0.05) is 12.1 Å². The largest absolute Gasteiger partial charge is 0.493 e. The smallest absolute Gasteiger partial charge is 0.293 e. The third-order valence-electron chi connectivity index (χ3n) is 4.24. The molecule has 0 aliphatic carbocycles. The number of nitriles is 1. The molecule has 0 saturated carbocycles. The van der Waals surface area contributed by atoms with Crippen molar-refractivity contribution in [3.63, 3.8) is 0 Å². The first-order valence-electron chi connectivity index (χ1n) is 8.83. The van der Waals surface area contributed by atoms with E-state index in [1.165, 1.54) is 13.2 Å². The molecule has 2 aromatic rings. The van der Waals surface area contributed by atoms with E-state index < -0.39 is 0 Å². The summed E-state index contributed by atoms with van der Waals surface area (Å²) in [7, 11) is 1.51. The second-order valence-corrected chi connectivity index (χ2v) is 8.02. The van der Waals surface area contributed by atoms with Crippen LogP contribution in [-0.2, 0) is 11.4 Å². The molecule has 30 heavy (non-hydrogen) atoms. The quantitative estimate of drug-likeness (QED) is 0.400. The summed E-state index contributed by atoms with van der Waals surface area (Å²) < 4.78 is 12.0. The van der Waals surface area contributed by atoms with Crippen molar-refractivity contribution < 1.29 is 19.1 Å². The Labute approximate surface area is 186 Å². The van der Waals surface area contributed by atoms with Crippen molar-refractivity contribution in [1.29, 1.82) is 5.26 Å². The number of imide groups is 1. The molecule has 0 N–H and O–H groups in total. The van der Waals surface area contributed by atoms with E-state index in [1.54, 1.807) is 30.3 Å². The van der Waals surface area contributed by atoms with Crippen LogP contribution in [0, 0.1) is 11.3 Å². The van der Waals surface area contributed by atoms with E-state index in [1.807, 2.05) is 12.1 Å². The normalized spacial score (nSPS) is 14.7. The van der Waals surface area contributed by atoms with E-state index in [0.717, 1.165) is 22.2 Å². The number of thioether (sulfide) groups is 1. The number of amides is 2.